The van der Waals surface area contributed by atoms with Crippen molar-refractivity contribution in [1.82, 2.24) is 4.98 Å². The van der Waals surface area contributed by atoms with E-state index < -0.39 is 8.56 Å². The zero-order valence-electron chi connectivity index (χ0n) is 11.1. The number of oxazole rings is 1. The van der Waals surface area contributed by atoms with Gasteiger partial charge in [-0.15, -0.1) is 0 Å². The van der Waals surface area contributed by atoms with Crippen LogP contribution in [0.15, 0.2) is 17.1 Å². The number of rotatable bonds is 9. The van der Waals surface area contributed by atoms with Crippen molar-refractivity contribution in [1.29, 1.82) is 0 Å². The normalized spacial score (nSPS) is 11.9. The molecule has 0 N–H and O–H groups in total. The van der Waals surface area contributed by atoms with Crippen LogP contribution in [-0.2, 0) is 15.3 Å². The Hall–Kier alpha value is -0.653. The number of aryl methyl sites for hydroxylation is 1. The van der Waals surface area contributed by atoms with E-state index >= 15 is 0 Å². The van der Waals surface area contributed by atoms with Gasteiger partial charge >= 0.3 is 8.56 Å². The van der Waals surface area contributed by atoms with Gasteiger partial charge in [0.1, 0.15) is 6.26 Å². The third-order valence-corrected chi connectivity index (χ3v) is 6.65. The maximum absolute atomic E-state index is 5.91. The van der Waals surface area contributed by atoms with Crippen LogP contribution in [0.4, 0.5) is 0 Å². The fourth-order valence-electron chi connectivity index (χ4n) is 1.99. The van der Waals surface area contributed by atoms with Crippen LogP contribution in [0.25, 0.3) is 0 Å². The second kappa shape index (κ2) is 7.63. The molecule has 4 nitrogen and oxygen atoms in total. The molecule has 0 saturated carbocycles. The highest BCUT2D eigenvalue weighted by atomic mass is 28.4. The van der Waals surface area contributed by atoms with E-state index in [-0.39, 0.29) is 0 Å². The largest absolute Gasteiger partial charge is 0.451 e. The molecule has 0 aromatic carbocycles. The van der Waals surface area contributed by atoms with Crippen LogP contribution in [0.2, 0.25) is 12.1 Å². The van der Waals surface area contributed by atoms with Gasteiger partial charge < -0.3 is 13.3 Å². The van der Waals surface area contributed by atoms with Crippen LogP contribution >= 0.6 is 0 Å². The van der Waals surface area contributed by atoms with Gasteiger partial charge in [-0.25, -0.2) is 4.98 Å². The van der Waals surface area contributed by atoms with Crippen LogP contribution in [0.5, 0.6) is 0 Å². The predicted octanol–water partition coefficient (Wildman–Crippen LogP) is 3.14. The van der Waals surface area contributed by atoms with E-state index in [1.54, 1.807) is 6.26 Å². The zero-order valence-corrected chi connectivity index (χ0v) is 12.1. The van der Waals surface area contributed by atoms with E-state index in [2.05, 4.69) is 11.9 Å². The molecule has 0 amide bonds. The Labute approximate surface area is 105 Å². The summed E-state index contributed by atoms with van der Waals surface area (Å²) in [6.07, 6.45) is 5.17. The minimum atomic E-state index is -1.96. The molecule has 1 rings (SSSR count). The molecule has 0 fully saturated rings. The number of aromatic nitrogens is 1. The van der Waals surface area contributed by atoms with Crippen molar-refractivity contribution >= 4 is 8.56 Å². The number of nitrogens with zero attached hydrogens (tertiary/aromatic N) is 1. The minimum Gasteiger partial charge on any atom is -0.451 e. The summed E-state index contributed by atoms with van der Waals surface area (Å²) in [6.45, 7) is 7.71. The van der Waals surface area contributed by atoms with E-state index in [1.165, 1.54) is 6.39 Å². The molecule has 1 aromatic rings. The lowest BCUT2D eigenvalue weighted by Crippen LogP contribution is -2.41. The quantitative estimate of drug-likeness (QED) is 0.637. The van der Waals surface area contributed by atoms with Crippen LogP contribution in [-0.4, -0.2) is 26.8 Å². The Morgan fingerprint density at radius 2 is 1.94 bits per heavy atom. The summed E-state index contributed by atoms with van der Waals surface area (Å²) in [5.74, 6) is 0. The fourth-order valence-corrected chi connectivity index (χ4v) is 4.89. The fraction of sp³-hybridized carbons (Fsp3) is 0.750. The van der Waals surface area contributed by atoms with Gasteiger partial charge in [0.2, 0.25) is 0 Å². The SMILES string of the molecule is CCO[Si](CC)(CCCc1cocn1)OCC. The standard InChI is InChI=1S/C12H23NO3Si/c1-4-15-17(6-3,16-5-2)9-7-8-12-10-14-11-13-12/h10-11H,4-9H2,1-3H3. The zero-order chi connectivity index (χ0) is 12.6. The first kappa shape index (κ1) is 14.4. The van der Waals surface area contributed by atoms with Crippen LogP contribution < -0.4 is 0 Å². The lowest BCUT2D eigenvalue weighted by atomic mass is 10.3. The second-order valence-electron chi connectivity index (χ2n) is 3.96. The smallest absolute Gasteiger partial charge is 0.337 e. The Kier molecular flexibility index (Phi) is 6.47. The highest BCUT2D eigenvalue weighted by Gasteiger charge is 2.34. The van der Waals surface area contributed by atoms with Gasteiger partial charge in [-0.05, 0) is 38.8 Å². The Bertz CT molecular complexity index is 284. The molecular formula is C12H23NO3Si. The molecule has 0 unspecified atom stereocenters. The van der Waals surface area contributed by atoms with Crippen LogP contribution in [0, 0.1) is 0 Å². The van der Waals surface area contributed by atoms with E-state index in [1.807, 2.05) is 13.8 Å². The van der Waals surface area contributed by atoms with Crippen molar-refractivity contribution in [2.24, 2.45) is 0 Å². The van der Waals surface area contributed by atoms with Crippen molar-refractivity contribution in [3.63, 3.8) is 0 Å². The van der Waals surface area contributed by atoms with Crippen molar-refractivity contribution in [2.45, 2.75) is 45.7 Å². The number of hydrogen-bond acceptors (Lipinski definition) is 4. The Morgan fingerprint density at radius 3 is 2.41 bits per heavy atom. The Morgan fingerprint density at radius 1 is 1.24 bits per heavy atom. The molecule has 98 valence electrons. The summed E-state index contributed by atoms with van der Waals surface area (Å²) in [4.78, 5) is 4.12. The van der Waals surface area contributed by atoms with Gasteiger partial charge in [-0.1, -0.05) is 6.92 Å². The molecule has 5 heteroatoms. The maximum atomic E-state index is 5.91. The molecule has 0 radical (unpaired) electrons. The Balaban J connectivity index is 2.42. The third-order valence-electron chi connectivity index (χ3n) is 2.83. The van der Waals surface area contributed by atoms with Gasteiger partial charge in [-0.2, -0.15) is 0 Å². The first-order valence-corrected chi connectivity index (χ1v) is 8.64. The van der Waals surface area contributed by atoms with Gasteiger partial charge in [0.05, 0.1) is 5.69 Å². The monoisotopic (exact) mass is 257 g/mol. The average molecular weight is 257 g/mol. The van der Waals surface area contributed by atoms with Gasteiger partial charge in [-0.3, -0.25) is 0 Å². The average Bonchev–Trinajstić information content (AvgIpc) is 2.82. The van der Waals surface area contributed by atoms with Crippen LogP contribution in [0.3, 0.4) is 0 Å². The highest BCUT2D eigenvalue weighted by molar-refractivity contribution is 6.67. The molecule has 17 heavy (non-hydrogen) atoms. The van der Waals surface area contributed by atoms with Crippen LogP contribution in [0.1, 0.15) is 32.9 Å². The number of hydrogen-bond donors (Lipinski definition) is 0. The first-order valence-electron chi connectivity index (χ1n) is 6.41. The molecule has 1 aromatic heterocycles. The predicted molar refractivity (Wildman–Crippen MR) is 69.1 cm³/mol. The molecule has 0 saturated heterocycles. The lowest BCUT2D eigenvalue weighted by molar-refractivity contribution is 0.183. The molecule has 0 spiro atoms. The van der Waals surface area contributed by atoms with Gasteiger partial charge in [0.15, 0.2) is 6.39 Å². The minimum absolute atomic E-state index is 0.740. The topological polar surface area (TPSA) is 44.5 Å². The van der Waals surface area contributed by atoms with Crippen molar-refractivity contribution in [3.8, 4) is 0 Å². The van der Waals surface area contributed by atoms with E-state index in [0.29, 0.717) is 0 Å². The van der Waals surface area contributed by atoms with Crippen molar-refractivity contribution in [2.75, 3.05) is 13.2 Å². The van der Waals surface area contributed by atoms with Gasteiger partial charge in [0.25, 0.3) is 0 Å². The first-order chi connectivity index (χ1) is 8.26. The van der Waals surface area contributed by atoms with Crippen molar-refractivity contribution in [3.05, 3.63) is 18.4 Å². The molecule has 0 bridgehead atoms. The van der Waals surface area contributed by atoms with Crippen molar-refractivity contribution < 1.29 is 13.3 Å². The third kappa shape index (κ3) is 4.61. The summed E-state index contributed by atoms with van der Waals surface area (Å²) in [5, 5.41) is 0. The maximum Gasteiger partial charge on any atom is 0.337 e. The summed E-state index contributed by atoms with van der Waals surface area (Å²) in [7, 11) is -1.96. The van der Waals surface area contributed by atoms with E-state index in [9.17, 15) is 0 Å². The molecule has 0 atom stereocenters. The van der Waals surface area contributed by atoms with E-state index in [4.69, 9.17) is 13.3 Å². The summed E-state index contributed by atoms with van der Waals surface area (Å²) in [6, 6.07) is 2.03. The molecule has 0 aliphatic rings. The second-order valence-corrected chi connectivity index (χ2v) is 7.57. The molecule has 0 aliphatic heterocycles. The highest BCUT2D eigenvalue weighted by Crippen LogP contribution is 2.22. The molecular weight excluding hydrogens is 234 g/mol. The van der Waals surface area contributed by atoms with Gasteiger partial charge in [0, 0.05) is 13.2 Å². The molecule has 0 aliphatic carbocycles. The van der Waals surface area contributed by atoms with E-state index in [0.717, 1.165) is 43.8 Å². The lowest BCUT2D eigenvalue weighted by Gasteiger charge is -2.28. The molecule has 1 heterocycles. The summed E-state index contributed by atoms with van der Waals surface area (Å²) in [5.41, 5.74) is 1.01. The summed E-state index contributed by atoms with van der Waals surface area (Å²) >= 11 is 0. The summed E-state index contributed by atoms with van der Waals surface area (Å²) < 4.78 is 16.8.